The lowest BCUT2D eigenvalue weighted by Crippen LogP contribution is -2.41. The zero-order chi connectivity index (χ0) is 13.8. The van der Waals surface area contributed by atoms with Crippen molar-refractivity contribution >= 4 is 23.5 Å². The van der Waals surface area contributed by atoms with Gasteiger partial charge in [-0.25, -0.2) is 0 Å². The highest BCUT2D eigenvalue weighted by Gasteiger charge is 2.52. The summed E-state index contributed by atoms with van der Waals surface area (Å²) >= 11 is 0. The Morgan fingerprint density at radius 3 is 2.32 bits per heavy atom. The van der Waals surface area contributed by atoms with Crippen LogP contribution in [0.1, 0.15) is 33.3 Å². The van der Waals surface area contributed by atoms with Gasteiger partial charge in [-0.3, -0.25) is 0 Å². The Morgan fingerprint density at radius 1 is 1.05 bits per heavy atom. The molecule has 3 rings (SSSR count). The molecule has 4 heteroatoms. The molecule has 2 aromatic rings. The number of rotatable bonds is 1. The van der Waals surface area contributed by atoms with Gasteiger partial charge in [0.15, 0.2) is 0 Å². The van der Waals surface area contributed by atoms with Crippen LogP contribution in [0.4, 0.5) is 0 Å². The number of benzene rings is 1. The molecule has 1 saturated heterocycles. The van der Waals surface area contributed by atoms with Crippen LogP contribution in [0.15, 0.2) is 24.4 Å². The van der Waals surface area contributed by atoms with Gasteiger partial charge in [-0.1, -0.05) is 12.1 Å². The molecule has 0 spiro atoms. The molecule has 1 fully saturated rings. The molecule has 19 heavy (non-hydrogen) atoms. The molecule has 0 amide bonds. The van der Waals surface area contributed by atoms with Crippen molar-refractivity contribution in [3.05, 3.63) is 30.0 Å². The molecule has 2 heterocycles. The van der Waals surface area contributed by atoms with Gasteiger partial charge in [0.05, 0.1) is 11.2 Å². The first-order valence-corrected chi connectivity index (χ1v) is 6.74. The Labute approximate surface area is 114 Å². The minimum absolute atomic E-state index is 0.302. The van der Waals surface area contributed by atoms with Gasteiger partial charge in [0.25, 0.3) is 0 Å². The average Bonchev–Trinajstić information content (AvgIpc) is 2.78. The lowest BCUT2D eigenvalue weighted by molar-refractivity contribution is 0.00578. The molecular formula is C15H20BNO2. The van der Waals surface area contributed by atoms with Crippen molar-refractivity contribution in [1.29, 1.82) is 0 Å². The first-order valence-electron chi connectivity index (χ1n) is 6.74. The number of hydrogen-bond acceptors (Lipinski definition) is 2. The summed E-state index contributed by atoms with van der Waals surface area (Å²) in [5.74, 6) is 0. The first kappa shape index (κ1) is 12.8. The Kier molecular flexibility index (Phi) is 2.60. The SMILES string of the molecule is Cc1c[nH]c2cccc(B3OC(C)(C)C(C)(C)O3)c12. The van der Waals surface area contributed by atoms with Gasteiger partial charge in [-0.05, 0) is 51.7 Å². The molecule has 1 aromatic heterocycles. The molecule has 0 saturated carbocycles. The lowest BCUT2D eigenvalue weighted by Gasteiger charge is -2.32. The van der Waals surface area contributed by atoms with Crippen LogP contribution in [0.3, 0.4) is 0 Å². The molecule has 0 radical (unpaired) electrons. The zero-order valence-electron chi connectivity index (χ0n) is 12.2. The summed E-state index contributed by atoms with van der Waals surface area (Å²) in [6.07, 6.45) is 2.03. The van der Waals surface area contributed by atoms with Gasteiger partial charge in [0, 0.05) is 17.1 Å². The topological polar surface area (TPSA) is 34.2 Å². The molecule has 0 bridgehead atoms. The minimum atomic E-state index is -0.303. The molecule has 3 nitrogen and oxygen atoms in total. The fourth-order valence-corrected chi connectivity index (χ4v) is 2.56. The van der Waals surface area contributed by atoms with Crippen LogP contribution in [-0.2, 0) is 9.31 Å². The summed E-state index contributed by atoms with van der Waals surface area (Å²) in [5.41, 5.74) is 2.86. The van der Waals surface area contributed by atoms with Crippen molar-refractivity contribution in [2.45, 2.75) is 45.8 Å². The molecule has 1 N–H and O–H groups in total. The van der Waals surface area contributed by atoms with E-state index in [4.69, 9.17) is 9.31 Å². The average molecular weight is 257 g/mol. The van der Waals surface area contributed by atoms with E-state index in [9.17, 15) is 0 Å². The second-order valence-electron chi connectivity index (χ2n) is 6.33. The van der Waals surface area contributed by atoms with Crippen LogP contribution in [0.25, 0.3) is 10.9 Å². The summed E-state index contributed by atoms with van der Waals surface area (Å²) in [5, 5.41) is 1.21. The summed E-state index contributed by atoms with van der Waals surface area (Å²) in [7, 11) is -0.303. The Morgan fingerprint density at radius 2 is 1.68 bits per heavy atom. The van der Waals surface area contributed by atoms with Crippen LogP contribution >= 0.6 is 0 Å². The third-order valence-corrected chi connectivity index (χ3v) is 4.44. The number of hydrogen-bond donors (Lipinski definition) is 1. The summed E-state index contributed by atoms with van der Waals surface area (Å²) in [6.45, 7) is 10.4. The van der Waals surface area contributed by atoms with Gasteiger partial charge in [-0.2, -0.15) is 0 Å². The third-order valence-electron chi connectivity index (χ3n) is 4.44. The molecule has 1 aromatic carbocycles. The zero-order valence-corrected chi connectivity index (χ0v) is 12.2. The Hall–Kier alpha value is -1.26. The van der Waals surface area contributed by atoms with Crippen molar-refractivity contribution in [3.63, 3.8) is 0 Å². The van der Waals surface area contributed by atoms with Gasteiger partial charge >= 0.3 is 7.12 Å². The smallest absolute Gasteiger partial charge is 0.399 e. The van der Waals surface area contributed by atoms with E-state index in [2.05, 4.69) is 51.7 Å². The van der Waals surface area contributed by atoms with Crippen molar-refractivity contribution in [1.82, 2.24) is 4.98 Å². The maximum Gasteiger partial charge on any atom is 0.495 e. The predicted molar refractivity (Wildman–Crippen MR) is 78.8 cm³/mol. The minimum Gasteiger partial charge on any atom is -0.399 e. The fraction of sp³-hybridized carbons (Fsp3) is 0.467. The second kappa shape index (κ2) is 3.87. The van der Waals surface area contributed by atoms with Crippen molar-refractivity contribution < 1.29 is 9.31 Å². The monoisotopic (exact) mass is 257 g/mol. The highest BCUT2D eigenvalue weighted by atomic mass is 16.7. The molecule has 0 aliphatic carbocycles. The van der Waals surface area contributed by atoms with Crippen LogP contribution in [0.2, 0.25) is 0 Å². The number of H-pyrrole nitrogens is 1. The Balaban J connectivity index is 2.10. The molecule has 0 unspecified atom stereocenters. The van der Waals surface area contributed by atoms with E-state index in [0.717, 1.165) is 11.0 Å². The van der Waals surface area contributed by atoms with Crippen LogP contribution in [-0.4, -0.2) is 23.3 Å². The van der Waals surface area contributed by atoms with E-state index in [-0.39, 0.29) is 18.3 Å². The number of fused-ring (bicyclic) bond motifs is 1. The molecule has 100 valence electrons. The number of aryl methyl sites for hydroxylation is 1. The standard InChI is InChI=1S/C15H20BNO2/c1-10-9-17-12-8-6-7-11(13(10)12)16-18-14(2,3)15(4,5)19-16/h6-9,17H,1-5H3. The van der Waals surface area contributed by atoms with Crippen LogP contribution in [0.5, 0.6) is 0 Å². The van der Waals surface area contributed by atoms with Gasteiger partial charge in [0.1, 0.15) is 0 Å². The van der Waals surface area contributed by atoms with E-state index < -0.39 is 0 Å². The highest BCUT2D eigenvalue weighted by molar-refractivity contribution is 6.65. The number of nitrogens with one attached hydrogen (secondary N) is 1. The number of aromatic nitrogens is 1. The fourth-order valence-electron chi connectivity index (χ4n) is 2.56. The van der Waals surface area contributed by atoms with Gasteiger partial charge < -0.3 is 14.3 Å². The second-order valence-corrected chi connectivity index (χ2v) is 6.33. The third kappa shape index (κ3) is 1.82. The molecule has 1 aliphatic rings. The highest BCUT2D eigenvalue weighted by Crippen LogP contribution is 2.37. The van der Waals surface area contributed by atoms with Crippen LogP contribution in [0, 0.1) is 6.92 Å². The first-order chi connectivity index (χ1) is 8.82. The summed E-state index contributed by atoms with van der Waals surface area (Å²) < 4.78 is 12.3. The van der Waals surface area contributed by atoms with Gasteiger partial charge in [-0.15, -0.1) is 0 Å². The predicted octanol–water partition coefficient (Wildman–Crippen LogP) is 2.78. The largest absolute Gasteiger partial charge is 0.495 e. The van der Waals surface area contributed by atoms with Gasteiger partial charge in [0.2, 0.25) is 0 Å². The number of aromatic amines is 1. The van der Waals surface area contributed by atoms with Crippen molar-refractivity contribution in [2.75, 3.05) is 0 Å². The van der Waals surface area contributed by atoms with E-state index >= 15 is 0 Å². The maximum atomic E-state index is 6.15. The van der Waals surface area contributed by atoms with E-state index in [1.54, 1.807) is 0 Å². The summed E-state index contributed by atoms with van der Waals surface area (Å²) in [6, 6.07) is 6.21. The van der Waals surface area contributed by atoms with Crippen molar-refractivity contribution in [2.24, 2.45) is 0 Å². The molecule has 1 aliphatic heterocycles. The van der Waals surface area contributed by atoms with Crippen LogP contribution < -0.4 is 5.46 Å². The molecular weight excluding hydrogens is 237 g/mol. The summed E-state index contributed by atoms with van der Waals surface area (Å²) in [4.78, 5) is 3.28. The van der Waals surface area contributed by atoms with E-state index in [0.29, 0.717) is 0 Å². The van der Waals surface area contributed by atoms with E-state index in [1.807, 2.05) is 12.3 Å². The Bertz CT molecular complexity index is 614. The quantitative estimate of drug-likeness (QED) is 0.797. The lowest BCUT2D eigenvalue weighted by atomic mass is 9.76. The van der Waals surface area contributed by atoms with Crippen molar-refractivity contribution in [3.8, 4) is 0 Å². The van der Waals surface area contributed by atoms with E-state index in [1.165, 1.54) is 10.9 Å². The normalized spacial score (nSPS) is 21.2. The maximum absolute atomic E-state index is 6.15. The molecule has 0 atom stereocenters.